The van der Waals surface area contributed by atoms with Crippen LogP contribution < -0.4 is 0 Å². The summed E-state index contributed by atoms with van der Waals surface area (Å²) in [4.78, 5) is 35.0. The van der Waals surface area contributed by atoms with Gasteiger partial charge in [-0.25, -0.2) is 0 Å². The van der Waals surface area contributed by atoms with E-state index in [2.05, 4.69) is 17.1 Å². The average molecular weight is 422 g/mol. The van der Waals surface area contributed by atoms with E-state index in [0.717, 1.165) is 26.9 Å². The Balaban J connectivity index is 1.46. The van der Waals surface area contributed by atoms with Crippen LogP contribution >= 0.6 is 11.3 Å². The van der Waals surface area contributed by atoms with Gasteiger partial charge in [0.05, 0.1) is 18.1 Å². The first-order chi connectivity index (χ1) is 14.7. The molecule has 2 aromatic heterocycles. The molecule has 5 rings (SSSR count). The van der Waals surface area contributed by atoms with Gasteiger partial charge < -0.3 is 14.5 Å². The molecular formula is C23H23N3O3S. The topological polar surface area (TPSA) is 62.7 Å². The summed E-state index contributed by atoms with van der Waals surface area (Å²) in [7, 11) is 0. The van der Waals surface area contributed by atoms with Crippen molar-refractivity contribution in [1.29, 1.82) is 0 Å². The minimum Gasteiger partial charge on any atom is -0.378 e. The van der Waals surface area contributed by atoms with Crippen LogP contribution in [-0.4, -0.2) is 66.0 Å². The summed E-state index contributed by atoms with van der Waals surface area (Å²) in [6.45, 7) is 3.71. The minimum absolute atomic E-state index is 0.0429. The highest BCUT2D eigenvalue weighted by Gasteiger charge is 2.34. The summed E-state index contributed by atoms with van der Waals surface area (Å²) in [5, 5.41) is 1.14. The lowest BCUT2D eigenvalue weighted by Gasteiger charge is -2.27. The Labute approximate surface area is 179 Å². The number of rotatable bonds is 3. The molecule has 1 aromatic carbocycles. The highest BCUT2D eigenvalue weighted by atomic mass is 32.1. The number of hydrogen-bond acceptors (Lipinski definition) is 5. The van der Waals surface area contributed by atoms with Crippen LogP contribution in [0.25, 0.3) is 10.1 Å². The van der Waals surface area contributed by atoms with Gasteiger partial charge in [-0.15, -0.1) is 11.3 Å². The van der Waals surface area contributed by atoms with Gasteiger partial charge in [0.25, 0.3) is 11.8 Å². The highest BCUT2D eigenvalue weighted by Crippen LogP contribution is 2.41. The van der Waals surface area contributed by atoms with Crippen LogP contribution in [0.1, 0.15) is 38.1 Å². The Kier molecular flexibility index (Phi) is 5.23. The van der Waals surface area contributed by atoms with Crippen molar-refractivity contribution >= 4 is 33.2 Å². The van der Waals surface area contributed by atoms with Crippen molar-refractivity contribution in [3.8, 4) is 0 Å². The Morgan fingerprint density at radius 3 is 2.57 bits per heavy atom. The molecule has 6 nitrogen and oxygen atoms in total. The lowest BCUT2D eigenvalue weighted by molar-refractivity contribution is 0.0305. The summed E-state index contributed by atoms with van der Waals surface area (Å²) >= 11 is 1.57. The second-order valence-electron chi connectivity index (χ2n) is 7.70. The average Bonchev–Trinajstić information content (AvgIpc) is 3.44. The van der Waals surface area contributed by atoms with Gasteiger partial charge in [0.15, 0.2) is 0 Å². The van der Waals surface area contributed by atoms with Crippen LogP contribution in [0.3, 0.4) is 0 Å². The van der Waals surface area contributed by atoms with Gasteiger partial charge in [-0.3, -0.25) is 14.6 Å². The first-order valence-electron chi connectivity index (χ1n) is 10.3. The number of carbonyl (C=O) groups is 2. The molecule has 0 radical (unpaired) electrons. The number of pyridine rings is 1. The van der Waals surface area contributed by atoms with Crippen molar-refractivity contribution < 1.29 is 14.3 Å². The number of carbonyl (C=O) groups excluding carboxylic acids is 2. The monoisotopic (exact) mass is 421 g/mol. The highest BCUT2D eigenvalue weighted by molar-refractivity contribution is 7.21. The lowest BCUT2D eigenvalue weighted by Crippen LogP contribution is -2.40. The first-order valence-corrected chi connectivity index (χ1v) is 11.1. The largest absolute Gasteiger partial charge is 0.378 e. The van der Waals surface area contributed by atoms with Gasteiger partial charge in [0.1, 0.15) is 5.69 Å². The number of morpholine rings is 1. The van der Waals surface area contributed by atoms with E-state index in [0.29, 0.717) is 45.1 Å². The molecule has 0 spiro atoms. The smallest absolute Gasteiger partial charge is 0.272 e. The third-order valence-corrected chi connectivity index (χ3v) is 7.07. The standard InChI is InChI=1S/C23H23N3O3S/c27-22(18-6-3-4-9-24-18)26-10-8-16(15-26)20-17-5-1-2-7-19(17)30-21(20)23(28)25-11-13-29-14-12-25/h1-7,9,16H,8,10-15H2. The van der Waals surface area contributed by atoms with Crippen molar-refractivity contribution in [3.63, 3.8) is 0 Å². The van der Waals surface area contributed by atoms with E-state index in [9.17, 15) is 9.59 Å². The summed E-state index contributed by atoms with van der Waals surface area (Å²) in [5.41, 5.74) is 1.57. The van der Waals surface area contributed by atoms with Crippen molar-refractivity contribution in [2.75, 3.05) is 39.4 Å². The van der Waals surface area contributed by atoms with Crippen LogP contribution in [0.5, 0.6) is 0 Å². The van der Waals surface area contributed by atoms with Crippen LogP contribution in [0, 0.1) is 0 Å². The second-order valence-corrected chi connectivity index (χ2v) is 8.75. The molecular weight excluding hydrogens is 398 g/mol. The zero-order valence-corrected chi connectivity index (χ0v) is 17.4. The van der Waals surface area contributed by atoms with Crippen molar-refractivity contribution in [1.82, 2.24) is 14.8 Å². The predicted molar refractivity (Wildman–Crippen MR) is 116 cm³/mol. The molecule has 7 heteroatoms. The molecule has 0 bridgehead atoms. The van der Waals surface area contributed by atoms with Gasteiger partial charge in [0.2, 0.25) is 0 Å². The summed E-state index contributed by atoms with van der Waals surface area (Å²) in [6, 6.07) is 13.6. The Morgan fingerprint density at radius 1 is 0.967 bits per heavy atom. The number of nitrogens with zero attached hydrogens (tertiary/aromatic N) is 3. The zero-order chi connectivity index (χ0) is 20.5. The summed E-state index contributed by atoms with van der Waals surface area (Å²) in [6.07, 6.45) is 2.50. The normalized spacial score (nSPS) is 19.4. The SMILES string of the molecule is O=C(c1ccccn1)N1CCC(c2c(C(=O)N3CCOCC3)sc3ccccc23)C1. The van der Waals surface area contributed by atoms with E-state index in [-0.39, 0.29) is 17.7 Å². The van der Waals surface area contributed by atoms with Gasteiger partial charge in [-0.05, 0) is 35.6 Å². The number of aromatic nitrogens is 1. The molecule has 4 heterocycles. The van der Waals surface area contributed by atoms with Gasteiger partial charge in [-0.2, -0.15) is 0 Å². The lowest BCUT2D eigenvalue weighted by atomic mass is 9.94. The maximum Gasteiger partial charge on any atom is 0.272 e. The predicted octanol–water partition coefficient (Wildman–Crippen LogP) is 3.40. The first kappa shape index (κ1) is 19.2. The number of hydrogen-bond donors (Lipinski definition) is 0. The van der Waals surface area contributed by atoms with Crippen LogP contribution in [0.15, 0.2) is 48.7 Å². The van der Waals surface area contributed by atoms with Crippen molar-refractivity contribution in [2.45, 2.75) is 12.3 Å². The maximum atomic E-state index is 13.4. The molecule has 2 fully saturated rings. The Bertz CT molecular complexity index is 1080. The van der Waals surface area contributed by atoms with Crippen LogP contribution in [-0.2, 0) is 4.74 Å². The molecule has 3 aromatic rings. The van der Waals surface area contributed by atoms with E-state index in [1.807, 2.05) is 34.1 Å². The molecule has 154 valence electrons. The third kappa shape index (κ3) is 3.48. The molecule has 0 saturated carbocycles. The molecule has 1 atom stereocenters. The summed E-state index contributed by atoms with van der Waals surface area (Å²) < 4.78 is 6.54. The molecule has 2 aliphatic rings. The Morgan fingerprint density at radius 2 is 1.77 bits per heavy atom. The molecule has 1 unspecified atom stereocenters. The van der Waals surface area contributed by atoms with E-state index in [4.69, 9.17) is 4.74 Å². The molecule has 2 amide bonds. The van der Waals surface area contributed by atoms with E-state index >= 15 is 0 Å². The number of amides is 2. The number of ether oxygens (including phenoxy) is 1. The van der Waals surface area contributed by atoms with Gasteiger partial charge >= 0.3 is 0 Å². The molecule has 2 aliphatic heterocycles. The van der Waals surface area contributed by atoms with Crippen molar-refractivity contribution in [3.05, 3.63) is 64.8 Å². The van der Waals surface area contributed by atoms with Gasteiger partial charge in [0, 0.05) is 43.0 Å². The van der Waals surface area contributed by atoms with E-state index < -0.39 is 0 Å². The fourth-order valence-electron chi connectivity index (χ4n) is 4.37. The molecule has 0 aliphatic carbocycles. The zero-order valence-electron chi connectivity index (χ0n) is 16.6. The maximum absolute atomic E-state index is 13.4. The molecule has 0 N–H and O–H groups in total. The van der Waals surface area contributed by atoms with E-state index in [1.54, 1.807) is 23.6 Å². The number of fused-ring (bicyclic) bond motifs is 1. The number of thiophene rings is 1. The van der Waals surface area contributed by atoms with Crippen LogP contribution in [0.2, 0.25) is 0 Å². The summed E-state index contributed by atoms with van der Waals surface area (Å²) in [5.74, 6) is 0.191. The fourth-order valence-corrected chi connectivity index (χ4v) is 5.63. The van der Waals surface area contributed by atoms with Crippen LogP contribution in [0.4, 0.5) is 0 Å². The van der Waals surface area contributed by atoms with Gasteiger partial charge in [-0.1, -0.05) is 24.3 Å². The number of likely N-dealkylation sites (tertiary alicyclic amines) is 1. The molecule has 30 heavy (non-hydrogen) atoms. The number of benzene rings is 1. The van der Waals surface area contributed by atoms with Crippen molar-refractivity contribution in [2.24, 2.45) is 0 Å². The quantitative estimate of drug-likeness (QED) is 0.650. The minimum atomic E-state index is -0.0429. The van der Waals surface area contributed by atoms with E-state index in [1.165, 1.54) is 0 Å². The third-order valence-electron chi connectivity index (χ3n) is 5.89. The molecule has 2 saturated heterocycles. The Hall–Kier alpha value is -2.77. The second kappa shape index (κ2) is 8.16. The fraction of sp³-hybridized carbons (Fsp3) is 0.348.